The molecule has 0 saturated carbocycles. The number of para-hydroxylation sites is 1. The van der Waals surface area contributed by atoms with E-state index in [0.29, 0.717) is 18.4 Å². The Kier molecular flexibility index (Phi) is 8.10. The molecule has 5 nitrogen and oxygen atoms in total. The molecule has 5 heteroatoms. The maximum atomic E-state index is 12.9. The van der Waals surface area contributed by atoms with E-state index in [0.717, 1.165) is 44.2 Å². The van der Waals surface area contributed by atoms with Gasteiger partial charge in [0.05, 0.1) is 13.7 Å². The van der Waals surface area contributed by atoms with Crippen molar-refractivity contribution in [3.63, 3.8) is 0 Å². The Bertz CT molecular complexity index is 827. The molecule has 0 aliphatic carbocycles. The van der Waals surface area contributed by atoms with Crippen molar-refractivity contribution in [1.29, 1.82) is 0 Å². The Hall–Kier alpha value is -2.37. The van der Waals surface area contributed by atoms with E-state index in [4.69, 9.17) is 4.74 Å². The second kappa shape index (κ2) is 10.8. The van der Waals surface area contributed by atoms with Crippen LogP contribution in [0.1, 0.15) is 56.2 Å². The molecular weight excluding hydrogens is 386 g/mol. The highest BCUT2D eigenvalue weighted by Gasteiger charge is 2.21. The Morgan fingerprint density at radius 2 is 1.45 bits per heavy atom. The lowest BCUT2D eigenvalue weighted by molar-refractivity contribution is -0.117. The van der Waals surface area contributed by atoms with Crippen molar-refractivity contribution in [2.24, 2.45) is 0 Å². The summed E-state index contributed by atoms with van der Waals surface area (Å²) in [6.45, 7) is 13.9. The smallest absolute Gasteiger partial charge is 0.238 e. The van der Waals surface area contributed by atoms with Gasteiger partial charge >= 0.3 is 0 Å². The van der Waals surface area contributed by atoms with E-state index >= 15 is 0 Å². The van der Waals surface area contributed by atoms with Crippen molar-refractivity contribution in [2.45, 2.75) is 46.1 Å². The maximum absolute atomic E-state index is 12.9. The molecule has 2 aromatic carbocycles. The first kappa shape index (κ1) is 23.3. The van der Waals surface area contributed by atoms with Gasteiger partial charge in [-0.3, -0.25) is 14.6 Å². The van der Waals surface area contributed by atoms with Crippen molar-refractivity contribution in [3.8, 4) is 5.75 Å². The van der Waals surface area contributed by atoms with Gasteiger partial charge in [0.25, 0.3) is 0 Å². The average Bonchev–Trinajstić information content (AvgIpc) is 2.75. The lowest BCUT2D eigenvalue weighted by Crippen LogP contribution is -2.48. The minimum absolute atomic E-state index is 0.0820. The van der Waals surface area contributed by atoms with Gasteiger partial charge < -0.3 is 10.1 Å². The first-order valence-corrected chi connectivity index (χ1v) is 11.4. The van der Waals surface area contributed by atoms with Crippen LogP contribution in [-0.4, -0.2) is 55.5 Å². The lowest BCUT2D eigenvalue weighted by atomic mass is 9.92. The molecule has 0 atom stereocenters. The van der Waals surface area contributed by atoms with Crippen LogP contribution in [0.2, 0.25) is 0 Å². The summed E-state index contributed by atoms with van der Waals surface area (Å²) in [7, 11) is 1.69. The second-order valence-corrected chi connectivity index (χ2v) is 9.07. The molecule has 1 saturated heterocycles. The van der Waals surface area contributed by atoms with Crippen LogP contribution in [0.3, 0.4) is 0 Å². The van der Waals surface area contributed by atoms with E-state index < -0.39 is 0 Å². The van der Waals surface area contributed by atoms with Gasteiger partial charge in [-0.25, -0.2) is 0 Å². The Morgan fingerprint density at radius 3 is 1.97 bits per heavy atom. The molecule has 1 aliphatic rings. The number of nitrogens with zero attached hydrogens (tertiary/aromatic N) is 2. The van der Waals surface area contributed by atoms with Crippen molar-refractivity contribution in [3.05, 3.63) is 59.2 Å². The number of benzene rings is 2. The van der Waals surface area contributed by atoms with Gasteiger partial charge in [-0.05, 0) is 40.7 Å². The molecule has 31 heavy (non-hydrogen) atoms. The zero-order valence-electron chi connectivity index (χ0n) is 19.6. The van der Waals surface area contributed by atoms with Gasteiger partial charge in [-0.2, -0.15) is 0 Å². The largest absolute Gasteiger partial charge is 0.497 e. The molecule has 168 valence electrons. The molecule has 1 heterocycles. The highest BCUT2D eigenvalue weighted by molar-refractivity contribution is 5.94. The third-order valence-corrected chi connectivity index (χ3v) is 6.03. The van der Waals surface area contributed by atoms with Gasteiger partial charge in [-0.1, -0.05) is 58.0 Å². The molecule has 0 unspecified atom stereocenters. The molecule has 1 amide bonds. The fourth-order valence-electron chi connectivity index (χ4n) is 4.17. The summed E-state index contributed by atoms with van der Waals surface area (Å²) in [4.78, 5) is 17.6. The van der Waals surface area contributed by atoms with Crippen LogP contribution in [0.25, 0.3) is 0 Å². The first-order valence-electron chi connectivity index (χ1n) is 11.4. The Labute approximate surface area is 187 Å². The van der Waals surface area contributed by atoms with E-state index in [1.165, 1.54) is 16.7 Å². The van der Waals surface area contributed by atoms with Crippen molar-refractivity contribution < 1.29 is 9.53 Å². The maximum Gasteiger partial charge on any atom is 0.238 e. The summed E-state index contributed by atoms with van der Waals surface area (Å²) in [5, 5.41) is 3.24. The van der Waals surface area contributed by atoms with E-state index in [2.05, 4.69) is 73.1 Å². The highest BCUT2D eigenvalue weighted by Crippen LogP contribution is 2.32. The molecule has 1 N–H and O–H groups in total. The number of methoxy groups -OCH3 is 1. The third kappa shape index (κ3) is 6.31. The zero-order chi connectivity index (χ0) is 22.4. The molecule has 1 aliphatic heterocycles. The summed E-state index contributed by atoms with van der Waals surface area (Å²) in [6.07, 6.45) is 0. The summed E-state index contributed by atoms with van der Waals surface area (Å²) < 4.78 is 5.24. The van der Waals surface area contributed by atoms with E-state index in [1.54, 1.807) is 7.11 Å². The first-order chi connectivity index (χ1) is 14.9. The Morgan fingerprint density at radius 1 is 0.903 bits per heavy atom. The number of hydrogen-bond acceptors (Lipinski definition) is 4. The predicted octanol–water partition coefficient (Wildman–Crippen LogP) is 4.70. The summed E-state index contributed by atoms with van der Waals surface area (Å²) >= 11 is 0. The molecule has 1 fully saturated rings. The number of nitrogens with one attached hydrogen (secondary N) is 1. The molecule has 3 rings (SSSR count). The number of hydrogen-bond donors (Lipinski definition) is 1. The molecule has 0 aromatic heterocycles. The number of anilines is 1. The topological polar surface area (TPSA) is 44.8 Å². The van der Waals surface area contributed by atoms with Gasteiger partial charge in [0.1, 0.15) is 5.75 Å². The quantitative estimate of drug-likeness (QED) is 0.669. The van der Waals surface area contributed by atoms with E-state index in [-0.39, 0.29) is 5.91 Å². The monoisotopic (exact) mass is 423 g/mol. The molecule has 0 radical (unpaired) electrons. The number of ether oxygens (including phenoxy) is 1. The van der Waals surface area contributed by atoms with Crippen molar-refractivity contribution in [2.75, 3.05) is 45.2 Å². The minimum Gasteiger partial charge on any atom is -0.497 e. The SMILES string of the molecule is COc1ccc(CN2CCN(CC(=O)Nc3c(C(C)C)cccc3C(C)C)CC2)cc1. The van der Waals surface area contributed by atoms with Gasteiger partial charge in [-0.15, -0.1) is 0 Å². The second-order valence-electron chi connectivity index (χ2n) is 9.07. The minimum atomic E-state index is 0.0820. The number of amides is 1. The van der Waals surface area contributed by atoms with Crippen LogP contribution in [0.15, 0.2) is 42.5 Å². The third-order valence-electron chi connectivity index (χ3n) is 6.03. The van der Waals surface area contributed by atoms with Crippen molar-refractivity contribution in [1.82, 2.24) is 9.80 Å². The fraction of sp³-hybridized carbons (Fsp3) is 0.500. The van der Waals surface area contributed by atoms with E-state index in [9.17, 15) is 4.79 Å². The summed E-state index contributed by atoms with van der Waals surface area (Å²) in [6, 6.07) is 14.6. The molecule has 2 aromatic rings. The number of carbonyl (C=O) groups excluding carboxylic acids is 1. The van der Waals surface area contributed by atoms with Gasteiger partial charge in [0, 0.05) is 38.4 Å². The average molecular weight is 424 g/mol. The van der Waals surface area contributed by atoms with Crippen LogP contribution < -0.4 is 10.1 Å². The fourth-order valence-corrected chi connectivity index (χ4v) is 4.17. The van der Waals surface area contributed by atoms with Crippen LogP contribution in [-0.2, 0) is 11.3 Å². The van der Waals surface area contributed by atoms with Gasteiger partial charge in [0.15, 0.2) is 0 Å². The van der Waals surface area contributed by atoms with Gasteiger partial charge in [0.2, 0.25) is 5.91 Å². The van der Waals surface area contributed by atoms with Crippen LogP contribution in [0.4, 0.5) is 5.69 Å². The van der Waals surface area contributed by atoms with Crippen LogP contribution in [0.5, 0.6) is 5.75 Å². The number of carbonyl (C=O) groups is 1. The number of piperazine rings is 1. The summed E-state index contributed by atoms with van der Waals surface area (Å²) in [5.74, 6) is 1.71. The van der Waals surface area contributed by atoms with E-state index in [1.807, 2.05) is 12.1 Å². The lowest BCUT2D eigenvalue weighted by Gasteiger charge is -2.34. The zero-order valence-corrected chi connectivity index (χ0v) is 19.6. The standard InChI is InChI=1S/C26H37N3O2/c1-19(2)23-7-6-8-24(20(3)4)26(23)27-25(30)18-29-15-13-28(14-16-29)17-21-9-11-22(31-5)12-10-21/h6-12,19-20H,13-18H2,1-5H3,(H,27,30). The van der Waals surface area contributed by atoms with Crippen molar-refractivity contribution >= 4 is 11.6 Å². The van der Waals surface area contributed by atoms with Crippen LogP contribution in [0, 0.1) is 0 Å². The number of rotatable bonds is 8. The molecular formula is C26H37N3O2. The molecule has 0 bridgehead atoms. The van der Waals surface area contributed by atoms with Crippen LogP contribution >= 0.6 is 0 Å². The normalized spacial score (nSPS) is 15.5. The molecule has 0 spiro atoms. The predicted molar refractivity (Wildman–Crippen MR) is 128 cm³/mol. The highest BCUT2D eigenvalue weighted by atomic mass is 16.5. The summed E-state index contributed by atoms with van der Waals surface area (Å²) in [5.41, 5.74) is 4.72. The Balaban J connectivity index is 1.53.